The number of amides is 1. The van der Waals surface area contributed by atoms with Crippen LogP contribution in [0.4, 0.5) is 20.3 Å². The molecular formula is C31H33Cl2F2N7O2. The van der Waals surface area contributed by atoms with Crippen LogP contribution in [0.1, 0.15) is 36.9 Å². The lowest BCUT2D eigenvalue weighted by Crippen LogP contribution is -2.56. The van der Waals surface area contributed by atoms with Crippen LogP contribution < -0.4 is 20.3 Å². The number of fused-ring (bicyclic) bond motifs is 2. The van der Waals surface area contributed by atoms with Gasteiger partial charge in [-0.2, -0.15) is 15.2 Å². The predicted octanol–water partition coefficient (Wildman–Crippen LogP) is 5.08. The van der Waals surface area contributed by atoms with Gasteiger partial charge in [-0.1, -0.05) is 36.4 Å². The predicted molar refractivity (Wildman–Crippen MR) is 167 cm³/mol. The molecule has 2 aliphatic heterocycles. The highest BCUT2D eigenvalue weighted by Crippen LogP contribution is 2.38. The molecule has 9 nitrogen and oxygen atoms in total. The second-order valence-corrected chi connectivity index (χ2v) is 11.9. The van der Waals surface area contributed by atoms with E-state index in [-0.39, 0.29) is 49.6 Å². The smallest absolute Gasteiger partial charge is 0.318 e. The molecule has 0 spiro atoms. The number of ether oxygens (including phenoxy) is 1. The quantitative estimate of drug-likeness (QED) is 0.355. The molecule has 3 aliphatic rings. The molecule has 1 amide bonds. The Morgan fingerprint density at radius 2 is 2.00 bits per heavy atom. The Kier molecular flexibility index (Phi) is 9.16. The van der Waals surface area contributed by atoms with E-state index in [0.717, 1.165) is 41.6 Å². The minimum Gasteiger partial charge on any atom is -0.461 e. The molecule has 6 rings (SSSR count). The monoisotopic (exact) mass is 643 g/mol. The first-order chi connectivity index (χ1) is 20.7. The van der Waals surface area contributed by atoms with Gasteiger partial charge in [-0.15, -0.1) is 12.4 Å². The van der Waals surface area contributed by atoms with Crippen molar-refractivity contribution in [2.24, 2.45) is 5.73 Å². The van der Waals surface area contributed by atoms with E-state index in [1.807, 2.05) is 23.1 Å². The highest BCUT2D eigenvalue weighted by molar-refractivity contribution is 6.36. The van der Waals surface area contributed by atoms with Gasteiger partial charge in [-0.05, 0) is 43.2 Å². The molecule has 3 heterocycles. The molecule has 232 valence electrons. The standard InChI is InChI=1S/C31H32ClF2N7O2.ClH/c1-19(33)29(42)41-15-14-40(16-21(41)8-12-35)28-22-9-13-39(25-5-2-4-20-6-7-23(34)27(32)26(20)25)17-24(22)37-30(38-28)43-18-31(36)10-3-11-31;/h2,4-7,21H,1,3,8-11,13-18,36H2;1H/t21-;/m0./s1. The van der Waals surface area contributed by atoms with Gasteiger partial charge >= 0.3 is 6.01 Å². The molecule has 2 fully saturated rings. The summed E-state index contributed by atoms with van der Waals surface area (Å²) < 4.78 is 34.3. The molecule has 1 saturated carbocycles. The van der Waals surface area contributed by atoms with Crippen LogP contribution in [-0.4, -0.2) is 65.1 Å². The minimum absolute atomic E-state index is 0. The zero-order valence-corrected chi connectivity index (χ0v) is 25.6. The van der Waals surface area contributed by atoms with E-state index in [9.17, 15) is 18.8 Å². The Morgan fingerprint density at radius 3 is 2.70 bits per heavy atom. The molecule has 0 bridgehead atoms. The third kappa shape index (κ3) is 5.99. The van der Waals surface area contributed by atoms with Crippen LogP contribution in [0.3, 0.4) is 0 Å². The number of nitrogens with two attached hydrogens (primary N) is 1. The molecule has 1 aliphatic carbocycles. The summed E-state index contributed by atoms with van der Waals surface area (Å²) in [5.41, 5.74) is 8.49. The van der Waals surface area contributed by atoms with Crippen molar-refractivity contribution in [2.45, 2.75) is 50.2 Å². The van der Waals surface area contributed by atoms with Crippen molar-refractivity contribution >= 4 is 52.2 Å². The average Bonchev–Trinajstić information content (AvgIpc) is 2.99. The van der Waals surface area contributed by atoms with Gasteiger partial charge in [0.05, 0.1) is 41.3 Å². The topological polar surface area (TPSA) is 112 Å². The first kappa shape index (κ1) is 31.7. The third-order valence-corrected chi connectivity index (χ3v) is 9.09. The van der Waals surface area contributed by atoms with E-state index in [2.05, 4.69) is 17.5 Å². The van der Waals surface area contributed by atoms with Gasteiger partial charge in [0.2, 0.25) is 0 Å². The highest BCUT2D eigenvalue weighted by Gasteiger charge is 2.36. The number of hydrogen-bond acceptors (Lipinski definition) is 8. The fraction of sp³-hybridized carbons (Fsp3) is 0.419. The molecule has 2 N–H and O–H groups in total. The summed E-state index contributed by atoms with van der Waals surface area (Å²) in [4.78, 5) is 27.6. The van der Waals surface area contributed by atoms with Gasteiger partial charge in [0, 0.05) is 42.8 Å². The Morgan fingerprint density at radius 1 is 1.20 bits per heavy atom. The molecule has 1 aromatic heterocycles. The number of piperazine rings is 1. The maximum absolute atomic E-state index is 14.5. The summed E-state index contributed by atoms with van der Waals surface area (Å²) in [7, 11) is 0. The van der Waals surface area contributed by atoms with Gasteiger partial charge in [0.25, 0.3) is 5.91 Å². The lowest BCUT2D eigenvalue weighted by atomic mass is 9.78. The Hall–Kier alpha value is -3.72. The van der Waals surface area contributed by atoms with Crippen LogP contribution in [0.25, 0.3) is 10.8 Å². The first-order valence-corrected chi connectivity index (χ1v) is 14.8. The Bertz CT molecular complexity index is 1650. The fourth-order valence-electron chi connectivity index (χ4n) is 6.21. The fourth-order valence-corrected chi connectivity index (χ4v) is 6.48. The second-order valence-electron chi connectivity index (χ2n) is 11.5. The molecule has 0 radical (unpaired) electrons. The van der Waals surface area contributed by atoms with Crippen molar-refractivity contribution in [3.05, 3.63) is 64.8 Å². The van der Waals surface area contributed by atoms with E-state index < -0.39 is 29.1 Å². The number of aromatic nitrogens is 2. The van der Waals surface area contributed by atoms with Gasteiger partial charge in [-0.25, -0.2) is 8.78 Å². The Balaban J connectivity index is 0.00000384. The number of benzene rings is 2. The normalized spacial score (nSPS) is 19.0. The van der Waals surface area contributed by atoms with E-state index in [1.54, 1.807) is 6.07 Å². The van der Waals surface area contributed by atoms with Gasteiger partial charge in [-0.3, -0.25) is 4.79 Å². The first-order valence-electron chi connectivity index (χ1n) is 14.4. The van der Waals surface area contributed by atoms with Crippen molar-refractivity contribution in [1.29, 1.82) is 5.26 Å². The maximum atomic E-state index is 14.5. The zero-order chi connectivity index (χ0) is 30.3. The van der Waals surface area contributed by atoms with Crippen LogP contribution >= 0.6 is 24.0 Å². The van der Waals surface area contributed by atoms with Crippen molar-refractivity contribution in [3.8, 4) is 12.1 Å². The largest absolute Gasteiger partial charge is 0.461 e. The third-order valence-electron chi connectivity index (χ3n) is 8.72. The van der Waals surface area contributed by atoms with Crippen molar-refractivity contribution in [2.75, 3.05) is 42.6 Å². The summed E-state index contributed by atoms with van der Waals surface area (Å²) in [6.07, 6.45) is 3.39. The van der Waals surface area contributed by atoms with E-state index in [4.69, 9.17) is 32.0 Å². The van der Waals surface area contributed by atoms with Gasteiger partial charge in [0.15, 0.2) is 5.83 Å². The molecule has 1 atom stereocenters. The SMILES string of the molecule is C=C(F)C(=O)N1CCN(c2nc(OCC3(N)CCC3)nc3c2CCN(c2cccc4ccc(F)c(Cl)c24)C3)C[C@@H]1CC#N.Cl. The molecule has 3 aromatic rings. The number of hydrogen-bond donors (Lipinski definition) is 1. The average molecular weight is 645 g/mol. The maximum Gasteiger partial charge on any atom is 0.318 e. The van der Waals surface area contributed by atoms with Crippen LogP contribution in [0.15, 0.2) is 42.7 Å². The van der Waals surface area contributed by atoms with Crippen LogP contribution in [0, 0.1) is 17.1 Å². The summed E-state index contributed by atoms with van der Waals surface area (Å²) >= 11 is 6.45. The van der Waals surface area contributed by atoms with E-state index in [0.29, 0.717) is 37.3 Å². The van der Waals surface area contributed by atoms with E-state index in [1.165, 1.54) is 11.0 Å². The molecule has 13 heteroatoms. The van der Waals surface area contributed by atoms with E-state index >= 15 is 0 Å². The number of carbonyl (C=O) groups is 1. The number of nitriles is 1. The second kappa shape index (κ2) is 12.7. The number of carbonyl (C=O) groups excluding carboxylic acids is 1. The van der Waals surface area contributed by atoms with Crippen molar-refractivity contribution in [3.63, 3.8) is 0 Å². The summed E-state index contributed by atoms with van der Waals surface area (Å²) in [5, 5.41) is 11.0. The van der Waals surface area contributed by atoms with Crippen LogP contribution in [0.5, 0.6) is 6.01 Å². The zero-order valence-electron chi connectivity index (χ0n) is 24.1. The molecule has 0 unspecified atom stereocenters. The van der Waals surface area contributed by atoms with Crippen molar-refractivity contribution in [1.82, 2.24) is 14.9 Å². The minimum atomic E-state index is -1.05. The molecule has 44 heavy (non-hydrogen) atoms. The molecule has 1 saturated heterocycles. The summed E-state index contributed by atoms with van der Waals surface area (Å²) in [6.45, 7) is 5.32. The van der Waals surface area contributed by atoms with Crippen molar-refractivity contribution < 1.29 is 18.3 Å². The number of anilines is 2. The van der Waals surface area contributed by atoms with Gasteiger partial charge < -0.3 is 25.2 Å². The number of rotatable bonds is 7. The summed E-state index contributed by atoms with van der Waals surface area (Å²) in [5.74, 6) is -1.67. The van der Waals surface area contributed by atoms with Crippen LogP contribution in [0.2, 0.25) is 5.02 Å². The lowest BCUT2D eigenvalue weighted by Gasteiger charge is -2.42. The Labute approximate surface area is 265 Å². The summed E-state index contributed by atoms with van der Waals surface area (Å²) in [6, 6.07) is 10.6. The lowest BCUT2D eigenvalue weighted by molar-refractivity contribution is -0.131. The highest BCUT2D eigenvalue weighted by atomic mass is 35.5. The number of halogens is 4. The molecule has 2 aromatic carbocycles. The van der Waals surface area contributed by atoms with Crippen LogP contribution in [-0.2, 0) is 17.8 Å². The molecular weight excluding hydrogens is 611 g/mol. The van der Waals surface area contributed by atoms with Gasteiger partial charge in [0.1, 0.15) is 18.2 Å². The number of nitrogens with zero attached hydrogens (tertiary/aromatic N) is 6.